The SMILES string of the molecule is CCOCCN1Cc2cc(N)ccc2C1=O. The first kappa shape index (κ1) is 11.0. The Labute approximate surface area is 95.0 Å². The molecular weight excluding hydrogens is 204 g/mol. The lowest BCUT2D eigenvalue weighted by Gasteiger charge is -2.14. The summed E-state index contributed by atoms with van der Waals surface area (Å²) in [6.07, 6.45) is 0. The molecule has 0 aliphatic carbocycles. The largest absolute Gasteiger partial charge is 0.399 e. The maximum Gasteiger partial charge on any atom is 0.254 e. The van der Waals surface area contributed by atoms with E-state index < -0.39 is 0 Å². The number of ether oxygens (including phenoxy) is 1. The zero-order valence-corrected chi connectivity index (χ0v) is 9.40. The zero-order valence-electron chi connectivity index (χ0n) is 9.40. The molecule has 4 nitrogen and oxygen atoms in total. The van der Waals surface area contributed by atoms with Crippen LogP contribution in [-0.4, -0.2) is 30.6 Å². The molecule has 16 heavy (non-hydrogen) atoms. The van der Waals surface area contributed by atoms with Crippen LogP contribution in [0.4, 0.5) is 5.69 Å². The standard InChI is InChI=1S/C12H16N2O2/c1-2-16-6-5-14-8-9-7-10(13)3-4-11(9)12(14)15/h3-4,7H,2,5-6,8,13H2,1H3. The first-order valence-corrected chi connectivity index (χ1v) is 5.47. The highest BCUT2D eigenvalue weighted by Gasteiger charge is 2.26. The molecule has 2 rings (SSSR count). The van der Waals surface area contributed by atoms with Gasteiger partial charge in [-0.2, -0.15) is 0 Å². The van der Waals surface area contributed by atoms with Crippen molar-refractivity contribution in [1.82, 2.24) is 4.90 Å². The van der Waals surface area contributed by atoms with Gasteiger partial charge in [-0.1, -0.05) is 0 Å². The number of amides is 1. The van der Waals surface area contributed by atoms with E-state index in [1.807, 2.05) is 13.0 Å². The molecule has 1 amide bonds. The van der Waals surface area contributed by atoms with Gasteiger partial charge < -0.3 is 15.4 Å². The number of nitrogens with zero attached hydrogens (tertiary/aromatic N) is 1. The van der Waals surface area contributed by atoms with E-state index in [9.17, 15) is 4.79 Å². The number of nitrogen functional groups attached to an aromatic ring is 1. The molecule has 0 spiro atoms. The van der Waals surface area contributed by atoms with Crippen LogP contribution in [0.3, 0.4) is 0 Å². The second kappa shape index (κ2) is 4.53. The Balaban J connectivity index is 2.06. The van der Waals surface area contributed by atoms with Gasteiger partial charge in [0.05, 0.1) is 6.61 Å². The number of rotatable bonds is 4. The van der Waals surface area contributed by atoms with Crippen molar-refractivity contribution < 1.29 is 9.53 Å². The summed E-state index contributed by atoms with van der Waals surface area (Å²) in [4.78, 5) is 13.7. The van der Waals surface area contributed by atoms with E-state index in [0.717, 1.165) is 11.1 Å². The van der Waals surface area contributed by atoms with Gasteiger partial charge in [0.2, 0.25) is 0 Å². The van der Waals surface area contributed by atoms with Gasteiger partial charge in [-0.15, -0.1) is 0 Å². The first-order chi connectivity index (χ1) is 7.72. The molecule has 0 radical (unpaired) electrons. The number of benzene rings is 1. The summed E-state index contributed by atoms with van der Waals surface area (Å²) in [5.41, 5.74) is 8.18. The second-order valence-electron chi connectivity index (χ2n) is 3.84. The predicted molar refractivity (Wildman–Crippen MR) is 62.1 cm³/mol. The fourth-order valence-electron chi connectivity index (χ4n) is 1.90. The van der Waals surface area contributed by atoms with E-state index in [2.05, 4.69) is 0 Å². The third-order valence-electron chi connectivity index (χ3n) is 2.72. The third-order valence-corrected chi connectivity index (χ3v) is 2.72. The average molecular weight is 220 g/mol. The van der Waals surface area contributed by atoms with Gasteiger partial charge in [-0.25, -0.2) is 0 Å². The highest BCUT2D eigenvalue weighted by Crippen LogP contribution is 2.24. The van der Waals surface area contributed by atoms with Crippen LogP contribution in [0, 0.1) is 0 Å². The molecule has 0 saturated carbocycles. The Morgan fingerprint density at radius 3 is 3.06 bits per heavy atom. The summed E-state index contributed by atoms with van der Waals surface area (Å²) >= 11 is 0. The molecule has 0 bridgehead atoms. The van der Waals surface area contributed by atoms with Crippen LogP contribution in [0.25, 0.3) is 0 Å². The van der Waals surface area contributed by atoms with Crippen molar-refractivity contribution >= 4 is 11.6 Å². The number of nitrogens with two attached hydrogens (primary N) is 1. The van der Waals surface area contributed by atoms with Gasteiger partial charge in [0.15, 0.2) is 0 Å². The van der Waals surface area contributed by atoms with Crippen molar-refractivity contribution in [2.24, 2.45) is 0 Å². The molecule has 4 heteroatoms. The summed E-state index contributed by atoms with van der Waals surface area (Å²) < 4.78 is 5.25. The third kappa shape index (κ3) is 2.02. The van der Waals surface area contributed by atoms with Gasteiger partial charge >= 0.3 is 0 Å². The molecule has 1 aromatic rings. The Morgan fingerprint density at radius 1 is 1.50 bits per heavy atom. The molecular formula is C12H16N2O2. The monoisotopic (exact) mass is 220 g/mol. The minimum Gasteiger partial charge on any atom is -0.399 e. The molecule has 0 saturated heterocycles. The normalized spacial score (nSPS) is 14.3. The maximum atomic E-state index is 11.9. The van der Waals surface area contributed by atoms with Gasteiger partial charge in [-0.05, 0) is 30.7 Å². The van der Waals surface area contributed by atoms with Crippen LogP contribution < -0.4 is 5.73 Å². The number of anilines is 1. The van der Waals surface area contributed by atoms with Gasteiger partial charge in [0, 0.05) is 30.9 Å². The van der Waals surface area contributed by atoms with Gasteiger partial charge in [0.25, 0.3) is 5.91 Å². The Kier molecular flexibility index (Phi) is 3.10. The lowest BCUT2D eigenvalue weighted by Crippen LogP contribution is -2.27. The van der Waals surface area contributed by atoms with Crippen molar-refractivity contribution in [3.8, 4) is 0 Å². The Hall–Kier alpha value is -1.55. The van der Waals surface area contributed by atoms with Crippen LogP contribution in [-0.2, 0) is 11.3 Å². The average Bonchev–Trinajstić information content (AvgIpc) is 2.56. The summed E-state index contributed by atoms with van der Waals surface area (Å²) in [6, 6.07) is 5.43. The topological polar surface area (TPSA) is 55.6 Å². The summed E-state index contributed by atoms with van der Waals surface area (Å²) in [5.74, 6) is 0.0784. The number of hydrogen-bond acceptors (Lipinski definition) is 3. The van der Waals surface area contributed by atoms with Gasteiger partial charge in [-0.3, -0.25) is 4.79 Å². The molecule has 1 aromatic carbocycles. The Morgan fingerprint density at radius 2 is 2.31 bits per heavy atom. The first-order valence-electron chi connectivity index (χ1n) is 5.47. The molecule has 0 fully saturated rings. The van der Waals surface area contributed by atoms with Crippen LogP contribution in [0.1, 0.15) is 22.8 Å². The molecule has 86 valence electrons. The van der Waals surface area contributed by atoms with Crippen molar-refractivity contribution in [3.63, 3.8) is 0 Å². The van der Waals surface area contributed by atoms with Crippen molar-refractivity contribution in [1.29, 1.82) is 0 Å². The molecule has 0 aromatic heterocycles. The molecule has 2 N–H and O–H groups in total. The molecule has 0 atom stereocenters. The summed E-state index contributed by atoms with van der Waals surface area (Å²) in [5, 5.41) is 0. The minimum absolute atomic E-state index is 0.0784. The van der Waals surface area contributed by atoms with Crippen molar-refractivity contribution in [3.05, 3.63) is 29.3 Å². The lowest BCUT2D eigenvalue weighted by molar-refractivity contribution is 0.0680. The number of carbonyl (C=O) groups is 1. The predicted octanol–water partition coefficient (Wildman–Crippen LogP) is 1.26. The zero-order chi connectivity index (χ0) is 11.5. The van der Waals surface area contributed by atoms with Crippen molar-refractivity contribution in [2.75, 3.05) is 25.5 Å². The highest BCUT2D eigenvalue weighted by molar-refractivity contribution is 5.98. The molecule has 1 aliphatic rings. The quantitative estimate of drug-likeness (QED) is 0.614. The van der Waals surface area contributed by atoms with E-state index in [1.165, 1.54) is 0 Å². The van der Waals surface area contributed by atoms with E-state index in [0.29, 0.717) is 32.0 Å². The van der Waals surface area contributed by atoms with Crippen LogP contribution >= 0.6 is 0 Å². The van der Waals surface area contributed by atoms with E-state index in [4.69, 9.17) is 10.5 Å². The number of hydrogen-bond donors (Lipinski definition) is 1. The van der Waals surface area contributed by atoms with E-state index >= 15 is 0 Å². The molecule has 1 heterocycles. The molecule has 0 unspecified atom stereocenters. The smallest absolute Gasteiger partial charge is 0.254 e. The van der Waals surface area contributed by atoms with Crippen molar-refractivity contribution in [2.45, 2.75) is 13.5 Å². The fourth-order valence-corrected chi connectivity index (χ4v) is 1.90. The second-order valence-corrected chi connectivity index (χ2v) is 3.84. The van der Waals surface area contributed by atoms with E-state index in [-0.39, 0.29) is 5.91 Å². The highest BCUT2D eigenvalue weighted by atomic mass is 16.5. The van der Waals surface area contributed by atoms with Gasteiger partial charge in [0.1, 0.15) is 0 Å². The fraction of sp³-hybridized carbons (Fsp3) is 0.417. The lowest BCUT2D eigenvalue weighted by atomic mass is 10.1. The number of fused-ring (bicyclic) bond motifs is 1. The van der Waals surface area contributed by atoms with Crippen LogP contribution in [0.15, 0.2) is 18.2 Å². The van der Waals surface area contributed by atoms with Crippen LogP contribution in [0.5, 0.6) is 0 Å². The maximum absolute atomic E-state index is 11.9. The summed E-state index contributed by atoms with van der Waals surface area (Å²) in [7, 11) is 0. The Bertz CT molecular complexity index is 404. The summed E-state index contributed by atoms with van der Waals surface area (Å²) in [6.45, 7) is 4.50. The van der Waals surface area contributed by atoms with E-state index in [1.54, 1.807) is 17.0 Å². The number of carbonyl (C=O) groups excluding carboxylic acids is 1. The minimum atomic E-state index is 0.0784. The van der Waals surface area contributed by atoms with Crippen LogP contribution in [0.2, 0.25) is 0 Å². The molecule has 1 aliphatic heterocycles.